The van der Waals surface area contributed by atoms with Crippen LogP contribution in [0.25, 0.3) is 0 Å². The summed E-state index contributed by atoms with van der Waals surface area (Å²) >= 11 is 1.66. The van der Waals surface area contributed by atoms with E-state index in [4.69, 9.17) is 0 Å². The van der Waals surface area contributed by atoms with E-state index in [1.807, 2.05) is 37.6 Å². The van der Waals surface area contributed by atoms with E-state index in [-0.39, 0.29) is 6.03 Å². The van der Waals surface area contributed by atoms with E-state index < -0.39 is 0 Å². The summed E-state index contributed by atoms with van der Waals surface area (Å²) in [6.07, 6.45) is 8.66. The lowest BCUT2D eigenvalue weighted by atomic mass is 9.84. The molecule has 0 saturated heterocycles. The van der Waals surface area contributed by atoms with Crippen LogP contribution in [0.3, 0.4) is 0 Å². The number of carbonyl (C=O) groups excluding carboxylic acids is 1. The monoisotopic (exact) mass is 354 g/mol. The van der Waals surface area contributed by atoms with Crippen molar-refractivity contribution in [2.75, 3.05) is 23.5 Å². The SMILES string of the molecule is CSc1cccc(NC(=O)N(C)c2ccc(C3CCCCC3)cc2)c1. The Bertz CT molecular complexity index is 708. The molecule has 0 atom stereocenters. The maximum atomic E-state index is 12.5. The first-order valence-corrected chi connectivity index (χ1v) is 10.2. The van der Waals surface area contributed by atoms with Crippen molar-refractivity contribution in [2.45, 2.75) is 42.9 Å². The molecule has 1 fully saturated rings. The van der Waals surface area contributed by atoms with Crippen LogP contribution in [0, 0.1) is 0 Å². The molecule has 1 aliphatic rings. The van der Waals surface area contributed by atoms with E-state index in [0.29, 0.717) is 5.92 Å². The lowest BCUT2D eigenvalue weighted by Gasteiger charge is -2.23. The molecule has 0 aromatic heterocycles. The van der Waals surface area contributed by atoms with Gasteiger partial charge in [-0.1, -0.05) is 37.5 Å². The minimum absolute atomic E-state index is 0.122. The fourth-order valence-corrected chi connectivity index (χ4v) is 3.89. The van der Waals surface area contributed by atoms with Gasteiger partial charge in [0.15, 0.2) is 0 Å². The first kappa shape index (κ1) is 17.9. The Kier molecular flexibility index (Phi) is 6.03. The van der Waals surface area contributed by atoms with Crippen LogP contribution in [0.1, 0.15) is 43.6 Å². The fourth-order valence-electron chi connectivity index (χ4n) is 3.43. The zero-order valence-electron chi connectivity index (χ0n) is 15.0. The van der Waals surface area contributed by atoms with Gasteiger partial charge < -0.3 is 5.32 Å². The van der Waals surface area contributed by atoms with Crippen LogP contribution in [-0.4, -0.2) is 19.3 Å². The Hall–Kier alpha value is -1.94. The van der Waals surface area contributed by atoms with Crippen LogP contribution < -0.4 is 10.2 Å². The molecular formula is C21H26N2OS. The van der Waals surface area contributed by atoms with Gasteiger partial charge in [0.05, 0.1) is 0 Å². The number of carbonyl (C=O) groups is 1. The standard InChI is InChI=1S/C21H26N2OS/c1-23(21(24)22-18-9-6-10-20(15-18)25-2)19-13-11-17(12-14-19)16-7-4-3-5-8-16/h6,9-16H,3-5,7-8H2,1-2H3,(H,22,24). The third-order valence-electron chi connectivity index (χ3n) is 4.98. The largest absolute Gasteiger partial charge is 0.326 e. The predicted octanol–water partition coefficient (Wildman–Crippen LogP) is 6.12. The third kappa shape index (κ3) is 4.57. The van der Waals surface area contributed by atoms with Gasteiger partial charge in [-0.05, 0) is 60.9 Å². The maximum Gasteiger partial charge on any atom is 0.326 e. The molecule has 0 bridgehead atoms. The van der Waals surface area contributed by atoms with E-state index in [2.05, 4.69) is 29.6 Å². The normalized spacial score (nSPS) is 15.0. The Morgan fingerprint density at radius 2 is 1.80 bits per heavy atom. The predicted molar refractivity (Wildman–Crippen MR) is 108 cm³/mol. The summed E-state index contributed by atoms with van der Waals surface area (Å²) in [5.41, 5.74) is 3.14. The van der Waals surface area contributed by atoms with Crippen molar-refractivity contribution in [1.29, 1.82) is 0 Å². The smallest absolute Gasteiger partial charge is 0.308 e. The van der Waals surface area contributed by atoms with Gasteiger partial charge in [-0.2, -0.15) is 0 Å². The number of hydrogen-bond acceptors (Lipinski definition) is 2. The van der Waals surface area contributed by atoms with Crippen LogP contribution in [0.15, 0.2) is 53.4 Å². The first-order valence-electron chi connectivity index (χ1n) is 8.96. The lowest BCUT2D eigenvalue weighted by Crippen LogP contribution is -2.31. The van der Waals surface area contributed by atoms with Crippen molar-refractivity contribution < 1.29 is 4.79 Å². The van der Waals surface area contributed by atoms with Gasteiger partial charge in [0, 0.05) is 23.3 Å². The molecule has 0 unspecified atom stereocenters. The second-order valence-corrected chi connectivity index (χ2v) is 7.53. The molecule has 25 heavy (non-hydrogen) atoms. The minimum atomic E-state index is -0.122. The topological polar surface area (TPSA) is 32.3 Å². The molecule has 1 aliphatic carbocycles. The lowest BCUT2D eigenvalue weighted by molar-refractivity contribution is 0.258. The van der Waals surface area contributed by atoms with Crippen LogP contribution in [0.4, 0.5) is 16.2 Å². The number of rotatable bonds is 4. The zero-order valence-corrected chi connectivity index (χ0v) is 15.8. The van der Waals surface area contributed by atoms with Crippen LogP contribution in [0.5, 0.6) is 0 Å². The number of thioether (sulfide) groups is 1. The van der Waals surface area contributed by atoms with Crippen LogP contribution in [0.2, 0.25) is 0 Å². The van der Waals surface area contributed by atoms with Crippen molar-refractivity contribution in [1.82, 2.24) is 0 Å². The highest BCUT2D eigenvalue weighted by molar-refractivity contribution is 7.98. The number of anilines is 2. The highest BCUT2D eigenvalue weighted by Gasteiger charge is 2.16. The first-order chi connectivity index (χ1) is 12.2. The molecule has 2 aromatic carbocycles. The van der Waals surface area contributed by atoms with Crippen molar-refractivity contribution in [3.8, 4) is 0 Å². The van der Waals surface area contributed by atoms with E-state index >= 15 is 0 Å². The number of nitrogens with zero attached hydrogens (tertiary/aromatic N) is 1. The van der Waals surface area contributed by atoms with Gasteiger partial charge in [0.25, 0.3) is 0 Å². The minimum Gasteiger partial charge on any atom is -0.308 e. The van der Waals surface area contributed by atoms with Crippen LogP contribution >= 0.6 is 11.8 Å². The summed E-state index contributed by atoms with van der Waals surface area (Å²) in [6, 6.07) is 16.3. The van der Waals surface area contributed by atoms with Crippen molar-refractivity contribution in [2.24, 2.45) is 0 Å². The Morgan fingerprint density at radius 1 is 1.08 bits per heavy atom. The molecule has 0 aliphatic heterocycles. The molecule has 3 rings (SSSR count). The molecule has 2 aromatic rings. The molecule has 0 radical (unpaired) electrons. The Balaban J connectivity index is 1.65. The molecule has 4 heteroatoms. The molecule has 1 N–H and O–H groups in total. The summed E-state index contributed by atoms with van der Waals surface area (Å²) in [7, 11) is 1.81. The van der Waals surface area contributed by atoms with Crippen LogP contribution in [-0.2, 0) is 0 Å². The average Bonchev–Trinajstić information content (AvgIpc) is 2.68. The number of amides is 2. The van der Waals surface area contributed by atoms with E-state index in [0.717, 1.165) is 16.3 Å². The van der Waals surface area contributed by atoms with E-state index in [1.165, 1.54) is 37.7 Å². The highest BCUT2D eigenvalue weighted by atomic mass is 32.2. The molecular weight excluding hydrogens is 328 g/mol. The van der Waals surface area contributed by atoms with Gasteiger partial charge in [-0.3, -0.25) is 4.90 Å². The second kappa shape index (κ2) is 8.43. The number of nitrogens with one attached hydrogen (secondary N) is 1. The summed E-state index contributed by atoms with van der Waals surface area (Å²) < 4.78 is 0. The molecule has 3 nitrogen and oxygen atoms in total. The third-order valence-corrected chi connectivity index (χ3v) is 5.71. The molecule has 2 amide bonds. The van der Waals surface area contributed by atoms with Gasteiger partial charge in [-0.15, -0.1) is 11.8 Å². The second-order valence-electron chi connectivity index (χ2n) is 6.65. The average molecular weight is 355 g/mol. The van der Waals surface area contributed by atoms with Gasteiger partial charge >= 0.3 is 6.03 Å². The van der Waals surface area contributed by atoms with Gasteiger partial charge in [0.1, 0.15) is 0 Å². The fraction of sp³-hybridized carbons (Fsp3) is 0.381. The number of benzene rings is 2. The number of hydrogen-bond donors (Lipinski definition) is 1. The summed E-state index contributed by atoms with van der Waals surface area (Å²) in [5, 5.41) is 2.97. The van der Waals surface area contributed by atoms with Gasteiger partial charge in [-0.25, -0.2) is 4.79 Å². The maximum absolute atomic E-state index is 12.5. The molecule has 0 spiro atoms. The highest BCUT2D eigenvalue weighted by Crippen LogP contribution is 2.33. The zero-order chi connectivity index (χ0) is 17.6. The number of urea groups is 1. The quantitative estimate of drug-likeness (QED) is 0.670. The summed E-state index contributed by atoms with van der Waals surface area (Å²) in [4.78, 5) is 15.3. The Labute approximate surface area is 154 Å². The Morgan fingerprint density at radius 3 is 2.48 bits per heavy atom. The van der Waals surface area contributed by atoms with Crippen molar-refractivity contribution >= 4 is 29.2 Å². The van der Waals surface area contributed by atoms with Crippen molar-refractivity contribution in [3.63, 3.8) is 0 Å². The van der Waals surface area contributed by atoms with E-state index in [1.54, 1.807) is 16.7 Å². The molecule has 1 saturated carbocycles. The molecule has 132 valence electrons. The summed E-state index contributed by atoms with van der Waals surface area (Å²) in [5.74, 6) is 0.691. The van der Waals surface area contributed by atoms with Gasteiger partial charge in [0.2, 0.25) is 0 Å². The molecule has 0 heterocycles. The van der Waals surface area contributed by atoms with E-state index in [9.17, 15) is 4.79 Å². The van der Waals surface area contributed by atoms with Crippen molar-refractivity contribution in [3.05, 3.63) is 54.1 Å². The summed E-state index contributed by atoms with van der Waals surface area (Å²) in [6.45, 7) is 0.